The van der Waals surface area contributed by atoms with Crippen LogP contribution in [0.1, 0.15) is 11.4 Å². The molecule has 0 aliphatic carbocycles. The third-order valence-electron chi connectivity index (χ3n) is 2.18. The third-order valence-corrected chi connectivity index (χ3v) is 2.18. The highest BCUT2D eigenvalue weighted by molar-refractivity contribution is 5.28. The summed E-state index contributed by atoms with van der Waals surface area (Å²) < 4.78 is 1.49. The van der Waals surface area contributed by atoms with Crippen molar-refractivity contribution in [2.24, 2.45) is 0 Å². The summed E-state index contributed by atoms with van der Waals surface area (Å²) in [6.45, 7) is 2.17. The number of rotatable bonds is 2. The zero-order valence-electron chi connectivity index (χ0n) is 8.92. The number of anilines is 1. The minimum absolute atomic E-state index is 0.0864. The summed E-state index contributed by atoms with van der Waals surface area (Å²) >= 11 is 0. The molecule has 5 heteroatoms. The van der Waals surface area contributed by atoms with Gasteiger partial charge in [0.15, 0.2) is 0 Å². The molecule has 0 aromatic carbocycles. The van der Waals surface area contributed by atoms with Crippen LogP contribution in [0, 0.1) is 6.92 Å². The van der Waals surface area contributed by atoms with Crippen molar-refractivity contribution in [1.82, 2.24) is 14.5 Å². The standard InChI is InChI=1S/C11H12N4O/c1-8-5-11(16)15(7-13-8)6-9-3-2-4-10(12)14-9/h2-5,7H,6H2,1H3,(H2,12,14). The Kier molecular flexibility index (Phi) is 2.68. The molecular weight excluding hydrogens is 204 g/mol. The summed E-state index contributed by atoms with van der Waals surface area (Å²) in [5, 5.41) is 0. The van der Waals surface area contributed by atoms with E-state index in [4.69, 9.17) is 5.73 Å². The van der Waals surface area contributed by atoms with Crippen LogP contribution >= 0.6 is 0 Å². The maximum atomic E-state index is 11.6. The Morgan fingerprint density at radius 2 is 2.25 bits per heavy atom. The van der Waals surface area contributed by atoms with E-state index in [2.05, 4.69) is 9.97 Å². The Bertz CT molecular complexity index is 562. The fraction of sp³-hybridized carbons (Fsp3) is 0.182. The van der Waals surface area contributed by atoms with Gasteiger partial charge in [0.25, 0.3) is 5.56 Å². The number of hydrogen-bond acceptors (Lipinski definition) is 4. The number of aromatic nitrogens is 3. The highest BCUT2D eigenvalue weighted by Crippen LogP contribution is 2.01. The first-order valence-corrected chi connectivity index (χ1v) is 4.89. The number of hydrogen-bond donors (Lipinski definition) is 1. The van der Waals surface area contributed by atoms with E-state index in [-0.39, 0.29) is 5.56 Å². The van der Waals surface area contributed by atoms with Gasteiger partial charge < -0.3 is 5.73 Å². The number of aryl methyl sites for hydroxylation is 1. The molecule has 0 amide bonds. The Labute approximate surface area is 92.6 Å². The minimum atomic E-state index is -0.0864. The number of pyridine rings is 1. The lowest BCUT2D eigenvalue weighted by Gasteiger charge is -2.05. The average Bonchev–Trinajstić information content (AvgIpc) is 2.22. The van der Waals surface area contributed by atoms with Crippen LogP contribution in [0.3, 0.4) is 0 Å². The van der Waals surface area contributed by atoms with Crippen LogP contribution in [-0.2, 0) is 6.54 Å². The van der Waals surface area contributed by atoms with E-state index < -0.39 is 0 Å². The molecule has 0 radical (unpaired) electrons. The zero-order chi connectivity index (χ0) is 11.5. The normalized spacial score (nSPS) is 10.3. The summed E-state index contributed by atoms with van der Waals surface area (Å²) in [6, 6.07) is 6.83. The van der Waals surface area contributed by atoms with Crippen molar-refractivity contribution in [3.8, 4) is 0 Å². The molecule has 0 saturated carbocycles. The average molecular weight is 216 g/mol. The van der Waals surface area contributed by atoms with Gasteiger partial charge in [0.1, 0.15) is 5.82 Å². The second-order valence-corrected chi connectivity index (χ2v) is 3.55. The largest absolute Gasteiger partial charge is 0.384 e. The van der Waals surface area contributed by atoms with Gasteiger partial charge in [-0.25, -0.2) is 9.97 Å². The fourth-order valence-corrected chi connectivity index (χ4v) is 1.40. The van der Waals surface area contributed by atoms with Crippen LogP contribution in [0.4, 0.5) is 5.82 Å². The van der Waals surface area contributed by atoms with E-state index in [0.29, 0.717) is 18.1 Å². The Balaban J connectivity index is 2.31. The number of nitrogens with zero attached hydrogens (tertiary/aromatic N) is 3. The topological polar surface area (TPSA) is 73.8 Å². The molecule has 0 fully saturated rings. The summed E-state index contributed by atoms with van der Waals surface area (Å²) in [5.74, 6) is 0.450. The van der Waals surface area contributed by atoms with E-state index in [1.807, 2.05) is 12.1 Å². The molecule has 16 heavy (non-hydrogen) atoms. The molecule has 2 aromatic rings. The molecule has 0 bridgehead atoms. The second-order valence-electron chi connectivity index (χ2n) is 3.55. The molecule has 82 valence electrons. The molecule has 0 atom stereocenters. The molecule has 2 rings (SSSR count). The first-order chi connectivity index (χ1) is 7.65. The van der Waals surface area contributed by atoms with Gasteiger partial charge in [0.2, 0.25) is 0 Å². The Hall–Kier alpha value is -2.17. The first-order valence-electron chi connectivity index (χ1n) is 4.89. The van der Waals surface area contributed by atoms with Crippen molar-refractivity contribution in [1.29, 1.82) is 0 Å². The van der Waals surface area contributed by atoms with Crippen molar-refractivity contribution in [3.63, 3.8) is 0 Å². The molecule has 0 aliphatic heterocycles. The van der Waals surface area contributed by atoms with E-state index in [9.17, 15) is 4.79 Å². The molecule has 0 aliphatic rings. The zero-order valence-corrected chi connectivity index (χ0v) is 8.92. The fourth-order valence-electron chi connectivity index (χ4n) is 1.40. The van der Waals surface area contributed by atoms with Crippen molar-refractivity contribution < 1.29 is 0 Å². The molecule has 2 aromatic heterocycles. The molecular formula is C11H12N4O. The van der Waals surface area contributed by atoms with Crippen molar-refractivity contribution in [2.45, 2.75) is 13.5 Å². The third kappa shape index (κ3) is 2.25. The number of nitrogens with two attached hydrogens (primary N) is 1. The highest BCUT2D eigenvalue weighted by atomic mass is 16.1. The van der Waals surface area contributed by atoms with Crippen LogP contribution in [0.5, 0.6) is 0 Å². The van der Waals surface area contributed by atoms with Gasteiger partial charge in [-0.1, -0.05) is 6.07 Å². The molecule has 5 nitrogen and oxygen atoms in total. The predicted octanol–water partition coefficient (Wildman–Crippen LogP) is 0.577. The summed E-state index contributed by atoms with van der Waals surface area (Å²) in [4.78, 5) is 19.8. The monoisotopic (exact) mass is 216 g/mol. The van der Waals surface area contributed by atoms with Crippen LogP contribution < -0.4 is 11.3 Å². The van der Waals surface area contributed by atoms with Gasteiger partial charge in [-0.15, -0.1) is 0 Å². The van der Waals surface area contributed by atoms with E-state index in [1.165, 1.54) is 17.0 Å². The lowest BCUT2D eigenvalue weighted by Crippen LogP contribution is -2.21. The highest BCUT2D eigenvalue weighted by Gasteiger charge is 2.00. The van der Waals surface area contributed by atoms with Gasteiger partial charge in [-0.3, -0.25) is 9.36 Å². The predicted molar refractivity (Wildman–Crippen MR) is 61.0 cm³/mol. The SMILES string of the molecule is Cc1cc(=O)n(Cc2cccc(N)n2)cn1. The van der Waals surface area contributed by atoms with Gasteiger partial charge in [-0.05, 0) is 19.1 Å². The second kappa shape index (κ2) is 4.14. The number of nitrogen functional groups attached to an aromatic ring is 1. The maximum Gasteiger partial charge on any atom is 0.253 e. The molecule has 2 heterocycles. The van der Waals surface area contributed by atoms with E-state index in [0.717, 1.165) is 5.69 Å². The quantitative estimate of drug-likeness (QED) is 0.796. The lowest BCUT2D eigenvalue weighted by molar-refractivity contribution is 0.715. The van der Waals surface area contributed by atoms with E-state index >= 15 is 0 Å². The van der Waals surface area contributed by atoms with Gasteiger partial charge in [-0.2, -0.15) is 0 Å². The summed E-state index contributed by atoms with van der Waals surface area (Å²) in [5.41, 5.74) is 6.93. The van der Waals surface area contributed by atoms with Crippen LogP contribution in [-0.4, -0.2) is 14.5 Å². The molecule has 0 spiro atoms. The smallest absolute Gasteiger partial charge is 0.253 e. The molecule has 0 unspecified atom stereocenters. The van der Waals surface area contributed by atoms with Gasteiger partial charge in [0.05, 0.1) is 18.6 Å². The summed E-state index contributed by atoms with van der Waals surface area (Å²) in [6.07, 6.45) is 1.52. The van der Waals surface area contributed by atoms with Gasteiger partial charge >= 0.3 is 0 Å². The summed E-state index contributed by atoms with van der Waals surface area (Å²) in [7, 11) is 0. The van der Waals surface area contributed by atoms with Crippen molar-refractivity contribution in [2.75, 3.05) is 5.73 Å². The van der Waals surface area contributed by atoms with E-state index in [1.54, 1.807) is 13.0 Å². The van der Waals surface area contributed by atoms with Crippen LogP contribution in [0.2, 0.25) is 0 Å². The van der Waals surface area contributed by atoms with Gasteiger partial charge in [0, 0.05) is 11.8 Å². The molecule has 0 saturated heterocycles. The van der Waals surface area contributed by atoms with Crippen LogP contribution in [0.25, 0.3) is 0 Å². The van der Waals surface area contributed by atoms with Crippen LogP contribution in [0.15, 0.2) is 35.4 Å². The Morgan fingerprint density at radius 1 is 1.44 bits per heavy atom. The lowest BCUT2D eigenvalue weighted by atomic mass is 10.3. The van der Waals surface area contributed by atoms with Crippen molar-refractivity contribution >= 4 is 5.82 Å². The Morgan fingerprint density at radius 3 is 2.94 bits per heavy atom. The maximum absolute atomic E-state index is 11.6. The van der Waals surface area contributed by atoms with Crippen molar-refractivity contribution in [3.05, 3.63) is 52.3 Å². The minimum Gasteiger partial charge on any atom is -0.384 e. The molecule has 2 N–H and O–H groups in total. The first kappa shape index (κ1) is 10.4.